The molecule has 2 heterocycles. The smallest absolute Gasteiger partial charge is 0.300 e. The molecule has 1 unspecified atom stereocenters. The van der Waals surface area contributed by atoms with Crippen LogP contribution in [0.15, 0.2) is 72.6 Å². The maximum Gasteiger partial charge on any atom is 0.300 e. The van der Waals surface area contributed by atoms with Crippen molar-refractivity contribution in [1.29, 1.82) is 0 Å². The van der Waals surface area contributed by atoms with Crippen LogP contribution in [0.25, 0.3) is 5.76 Å². The van der Waals surface area contributed by atoms with Crippen molar-refractivity contribution in [3.8, 4) is 11.5 Å². The first-order valence-corrected chi connectivity index (χ1v) is 11.1. The molecule has 0 saturated carbocycles. The van der Waals surface area contributed by atoms with Gasteiger partial charge in [0.25, 0.3) is 11.7 Å². The van der Waals surface area contributed by atoms with Gasteiger partial charge in [-0.15, -0.1) is 0 Å². The number of rotatable bonds is 7. The molecule has 7 heteroatoms. The number of hydrogen-bond acceptors (Lipinski definition) is 6. The van der Waals surface area contributed by atoms with Gasteiger partial charge in [-0.3, -0.25) is 19.5 Å². The molecule has 3 aromatic rings. The summed E-state index contributed by atoms with van der Waals surface area (Å²) < 4.78 is 11.3. The lowest BCUT2D eigenvalue weighted by Gasteiger charge is -2.25. The zero-order chi connectivity index (χ0) is 24.2. The van der Waals surface area contributed by atoms with E-state index in [-0.39, 0.29) is 11.3 Å². The number of carbonyl (C=O) groups excluding carboxylic acids is 2. The first kappa shape index (κ1) is 23.0. The Morgan fingerprint density at radius 2 is 1.76 bits per heavy atom. The van der Waals surface area contributed by atoms with Crippen molar-refractivity contribution < 1.29 is 24.2 Å². The number of aromatic nitrogens is 1. The van der Waals surface area contributed by atoms with Crippen LogP contribution in [0.2, 0.25) is 0 Å². The Morgan fingerprint density at radius 1 is 1.03 bits per heavy atom. The number of nitrogens with zero attached hydrogens (tertiary/aromatic N) is 2. The van der Waals surface area contributed by atoms with E-state index in [4.69, 9.17) is 9.47 Å². The van der Waals surface area contributed by atoms with Crippen molar-refractivity contribution in [1.82, 2.24) is 4.98 Å². The average molecular weight is 459 g/mol. The predicted molar refractivity (Wildman–Crippen MR) is 129 cm³/mol. The van der Waals surface area contributed by atoms with Crippen molar-refractivity contribution >= 4 is 23.1 Å². The van der Waals surface area contributed by atoms with Crippen molar-refractivity contribution in [2.45, 2.75) is 26.8 Å². The molecule has 1 saturated heterocycles. The largest absolute Gasteiger partial charge is 0.507 e. The Hall–Kier alpha value is -4.13. The van der Waals surface area contributed by atoms with Gasteiger partial charge in [-0.2, -0.15) is 0 Å². The topological polar surface area (TPSA) is 89.0 Å². The molecular formula is C27H26N2O5. The van der Waals surface area contributed by atoms with Crippen LogP contribution in [0.1, 0.15) is 36.6 Å². The number of ketones is 1. The number of aryl methyl sites for hydroxylation is 1. The van der Waals surface area contributed by atoms with E-state index in [0.717, 1.165) is 5.56 Å². The minimum Gasteiger partial charge on any atom is -0.507 e. The molecule has 1 aliphatic rings. The summed E-state index contributed by atoms with van der Waals surface area (Å²) in [7, 11) is 0. The predicted octanol–water partition coefficient (Wildman–Crippen LogP) is 4.81. The Bertz CT molecular complexity index is 1240. The first-order valence-electron chi connectivity index (χ1n) is 11.1. The fraction of sp³-hybridized carbons (Fsp3) is 0.222. The maximum atomic E-state index is 13.3. The monoisotopic (exact) mass is 458 g/mol. The van der Waals surface area contributed by atoms with Crippen LogP contribution in [-0.2, 0) is 9.59 Å². The van der Waals surface area contributed by atoms with Crippen molar-refractivity contribution in [2.75, 3.05) is 18.1 Å². The molecule has 1 atom stereocenters. The van der Waals surface area contributed by atoms with Gasteiger partial charge in [0.15, 0.2) is 0 Å². The summed E-state index contributed by atoms with van der Waals surface area (Å²) in [6.07, 6.45) is 3.20. The van der Waals surface area contributed by atoms with E-state index in [1.807, 2.05) is 32.9 Å². The molecule has 2 aromatic carbocycles. The molecule has 0 aliphatic carbocycles. The highest BCUT2D eigenvalue weighted by molar-refractivity contribution is 6.51. The fourth-order valence-electron chi connectivity index (χ4n) is 4.03. The summed E-state index contributed by atoms with van der Waals surface area (Å²) in [4.78, 5) is 32.1. The number of hydrogen-bond donors (Lipinski definition) is 1. The quantitative estimate of drug-likeness (QED) is 0.310. The summed E-state index contributed by atoms with van der Waals surface area (Å²) in [6, 6.07) is 14.9. The number of carbonyl (C=O) groups is 2. The van der Waals surface area contributed by atoms with Crippen LogP contribution in [0.3, 0.4) is 0 Å². The maximum absolute atomic E-state index is 13.3. The lowest BCUT2D eigenvalue weighted by atomic mass is 9.95. The number of aliphatic hydroxyl groups is 1. The second-order valence-electron chi connectivity index (χ2n) is 7.81. The number of anilines is 1. The van der Waals surface area contributed by atoms with Crippen LogP contribution >= 0.6 is 0 Å². The summed E-state index contributed by atoms with van der Waals surface area (Å²) >= 11 is 0. The van der Waals surface area contributed by atoms with Crippen molar-refractivity contribution in [3.05, 3.63) is 89.3 Å². The van der Waals surface area contributed by atoms with Crippen LogP contribution in [0, 0.1) is 6.92 Å². The molecule has 174 valence electrons. The summed E-state index contributed by atoms with van der Waals surface area (Å²) in [5.74, 6) is -0.872. The average Bonchev–Trinajstić information content (AvgIpc) is 3.11. The highest BCUT2D eigenvalue weighted by Gasteiger charge is 2.47. The molecule has 4 rings (SSSR count). The van der Waals surface area contributed by atoms with Gasteiger partial charge in [0.1, 0.15) is 17.3 Å². The van der Waals surface area contributed by atoms with Crippen LogP contribution in [-0.4, -0.2) is 35.0 Å². The Morgan fingerprint density at radius 3 is 2.41 bits per heavy atom. The number of amides is 1. The number of aliphatic hydroxyl groups excluding tert-OH is 1. The zero-order valence-electron chi connectivity index (χ0n) is 19.3. The first-order chi connectivity index (χ1) is 16.5. The van der Waals surface area contributed by atoms with Gasteiger partial charge in [-0.1, -0.05) is 23.8 Å². The van der Waals surface area contributed by atoms with Gasteiger partial charge in [-0.25, -0.2) is 0 Å². The third-order valence-corrected chi connectivity index (χ3v) is 5.58. The number of pyridine rings is 1. The molecule has 1 N–H and O–H groups in total. The Balaban J connectivity index is 1.92. The van der Waals surface area contributed by atoms with Gasteiger partial charge < -0.3 is 14.6 Å². The Labute approximate surface area is 198 Å². The van der Waals surface area contributed by atoms with Crippen LogP contribution < -0.4 is 14.4 Å². The minimum absolute atomic E-state index is 0.0244. The SMILES string of the molecule is CCOc1ccc(/C(O)=C2/C(=O)C(=O)N(c3ccc(C)cc3)C2c2cccnc2)c(OCC)c1. The van der Waals surface area contributed by atoms with Gasteiger partial charge in [0.2, 0.25) is 0 Å². The van der Waals surface area contributed by atoms with Crippen molar-refractivity contribution in [3.63, 3.8) is 0 Å². The second kappa shape index (κ2) is 9.79. The third-order valence-electron chi connectivity index (χ3n) is 5.58. The van der Waals surface area contributed by atoms with E-state index in [1.54, 1.807) is 54.9 Å². The lowest BCUT2D eigenvalue weighted by molar-refractivity contribution is -0.132. The molecule has 1 fully saturated rings. The molecule has 0 spiro atoms. The molecular weight excluding hydrogens is 432 g/mol. The van der Waals surface area contributed by atoms with E-state index in [0.29, 0.717) is 41.5 Å². The molecule has 7 nitrogen and oxygen atoms in total. The summed E-state index contributed by atoms with van der Waals surface area (Å²) in [6.45, 7) is 6.45. The van der Waals surface area contributed by atoms with Crippen LogP contribution in [0.5, 0.6) is 11.5 Å². The van der Waals surface area contributed by atoms with Gasteiger partial charge in [0.05, 0.1) is 30.4 Å². The zero-order valence-corrected chi connectivity index (χ0v) is 19.3. The van der Waals surface area contributed by atoms with Crippen LogP contribution in [0.4, 0.5) is 5.69 Å². The Kier molecular flexibility index (Phi) is 6.63. The minimum atomic E-state index is -0.850. The molecule has 34 heavy (non-hydrogen) atoms. The lowest BCUT2D eigenvalue weighted by Crippen LogP contribution is -2.29. The van der Waals surface area contributed by atoms with Crippen molar-refractivity contribution in [2.24, 2.45) is 0 Å². The molecule has 0 bridgehead atoms. The highest BCUT2D eigenvalue weighted by atomic mass is 16.5. The molecule has 1 aliphatic heterocycles. The fourth-order valence-corrected chi connectivity index (χ4v) is 4.03. The molecule has 1 amide bonds. The van der Waals surface area contributed by atoms with E-state index in [9.17, 15) is 14.7 Å². The standard InChI is InChI=1S/C27H26N2O5/c1-4-33-20-12-13-21(22(15-20)34-5-2)25(30)23-24(18-7-6-14-28-16-18)29(27(32)26(23)31)19-10-8-17(3)9-11-19/h6-16,24,30H,4-5H2,1-3H3/b25-23-. The normalized spacial score (nSPS) is 17.1. The van der Waals surface area contributed by atoms with E-state index in [1.165, 1.54) is 4.90 Å². The molecule has 0 radical (unpaired) electrons. The number of ether oxygens (including phenoxy) is 2. The number of benzene rings is 2. The second-order valence-corrected chi connectivity index (χ2v) is 7.81. The van der Waals surface area contributed by atoms with Gasteiger partial charge in [0, 0.05) is 24.1 Å². The van der Waals surface area contributed by atoms with Gasteiger partial charge >= 0.3 is 0 Å². The third kappa shape index (κ3) is 4.24. The summed E-state index contributed by atoms with van der Waals surface area (Å²) in [5, 5.41) is 11.4. The summed E-state index contributed by atoms with van der Waals surface area (Å²) in [5.41, 5.74) is 2.46. The van der Waals surface area contributed by atoms with E-state index < -0.39 is 17.7 Å². The molecule has 1 aromatic heterocycles. The van der Waals surface area contributed by atoms with E-state index >= 15 is 0 Å². The highest BCUT2D eigenvalue weighted by Crippen LogP contribution is 2.43. The van der Waals surface area contributed by atoms with Gasteiger partial charge in [-0.05, 0) is 56.7 Å². The van der Waals surface area contributed by atoms with E-state index in [2.05, 4.69) is 4.98 Å². The number of Topliss-reactive ketones (excluding diaryl/α,β-unsaturated/α-hetero) is 1.